The molecule has 0 atom stereocenters. The Balaban J connectivity index is 0.00000162. The largest absolute Gasteiger partial charge is 0.305 e. The summed E-state index contributed by atoms with van der Waals surface area (Å²) >= 11 is 0. The van der Waals surface area contributed by atoms with Crippen LogP contribution in [0.5, 0.6) is 0 Å². The first-order valence-electron chi connectivity index (χ1n) is 6.21. The molecule has 0 N–H and O–H groups in total. The Morgan fingerprint density at radius 3 is 2.61 bits per heavy atom. The second kappa shape index (κ2) is 6.82. The monoisotopic (exact) mass is 417 g/mol. The number of hydrogen-bond acceptors (Lipinski definition) is 1. The topological polar surface area (TPSA) is 12.9 Å². The van der Waals surface area contributed by atoms with Gasteiger partial charge in [-0.15, -0.1) is 34.9 Å². The van der Waals surface area contributed by atoms with E-state index in [1.54, 1.807) is 0 Å². The number of aryl methyl sites for hydroxylation is 2. The van der Waals surface area contributed by atoms with Crippen LogP contribution in [-0.4, -0.2) is 4.98 Å². The van der Waals surface area contributed by atoms with Gasteiger partial charge in [0.05, 0.1) is 0 Å². The van der Waals surface area contributed by atoms with Crippen LogP contribution in [0.15, 0.2) is 30.5 Å². The Kier molecular flexibility index (Phi) is 5.71. The van der Waals surface area contributed by atoms with Gasteiger partial charge in [-0.3, -0.25) is 0 Å². The molecule has 0 aliphatic carbocycles. The summed E-state index contributed by atoms with van der Waals surface area (Å²) in [5, 5.41) is 0. The summed E-state index contributed by atoms with van der Waals surface area (Å²) in [6.07, 6.45) is 3.96. The van der Waals surface area contributed by atoms with Crippen molar-refractivity contribution in [3.05, 3.63) is 53.2 Å². The molecule has 0 saturated heterocycles. The van der Waals surface area contributed by atoms with Gasteiger partial charge in [-0.1, -0.05) is 38.8 Å². The molecule has 0 bridgehead atoms. The summed E-state index contributed by atoms with van der Waals surface area (Å²) in [5.74, 6) is 0. The van der Waals surface area contributed by atoms with Crippen LogP contribution in [0.3, 0.4) is 0 Å². The Morgan fingerprint density at radius 2 is 1.94 bits per heavy atom. The van der Waals surface area contributed by atoms with Crippen LogP contribution in [0, 0.1) is 13.0 Å². The van der Waals surface area contributed by atoms with Crippen molar-refractivity contribution in [3.8, 4) is 11.3 Å². The smallest absolute Gasteiger partial charge is 0.0163 e. The van der Waals surface area contributed by atoms with E-state index in [0.717, 1.165) is 24.1 Å². The molecular weight excluding hydrogens is 398 g/mol. The fourth-order valence-corrected chi connectivity index (χ4v) is 2.15. The normalized spacial score (nSPS) is 9.94. The van der Waals surface area contributed by atoms with Gasteiger partial charge in [0.15, 0.2) is 0 Å². The van der Waals surface area contributed by atoms with Crippen molar-refractivity contribution >= 4 is 0 Å². The minimum absolute atomic E-state index is 0. The molecule has 97 valence electrons. The average Bonchev–Trinajstić information content (AvgIpc) is 2.38. The van der Waals surface area contributed by atoms with Crippen molar-refractivity contribution < 1.29 is 20.1 Å². The van der Waals surface area contributed by atoms with Gasteiger partial charge in [-0.25, -0.2) is 0 Å². The second-order valence-electron chi connectivity index (χ2n) is 4.27. The van der Waals surface area contributed by atoms with E-state index in [1.165, 1.54) is 16.7 Å². The number of pyridine rings is 1. The van der Waals surface area contributed by atoms with Crippen molar-refractivity contribution in [2.24, 2.45) is 0 Å². The fraction of sp³-hybridized carbons (Fsp3) is 0.312. The number of benzene rings is 1. The minimum atomic E-state index is 0. The van der Waals surface area contributed by atoms with Crippen LogP contribution in [0.2, 0.25) is 0 Å². The van der Waals surface area contributed by atoms with Gasteiger partial charge in [0, 0.05) is 26.3 Å². The summed E-state index contributed by atoms with van der Waals surface area (Å²) in [6, 6.07) is 11.7. The van der Waals surface area contributed by atoms with Crippen LogP contribution in [0.25, 0.3) is 11.3 Å². The molecule has 18 heavy (non-hydrogen) atoms. The van der Waals surface area contributed by atoms with Crippen molar-refractivity contribution in [3.63, 3.8) is 0 Å². The first kappa shape index (κ1) is 15.1. The summed E-state index contributed by atoms with van der Waals surface area (Å²) in [7, 11) is 0. The second-order valence-corrected chi connectivity index (χ2v) is 4.27. The van der Waals surface area contributed by atoms with Crippen LogP contribution in [0.4, 0.5) is 0 Å². The van der Waals surface area contributed by atoms with Crippen molar-refractivity contribution in [1.29, 1.82) is 0 Å². The molecule has 1 aromatic carbocycles. The number of nitrogens with zero attached hydrogens (tertiary/aromatic N) is 1. The van der Waals surface area contributed by atoms with Crippen LogP contribution >= 0.6 is 0 Å². The zero-order valence-corrected chi connectivity index (χ0v) is 13.5. The Bertz CT molecular complexity index is 520. The predicted octanol–water partition coefficient (Wildman–Crippen LogP) is 3.98. The molecule has 0 unspecified atom stereocenters. The van der Waals surface area contributed by atoms with Crippen LogP contribution in [-0.2, 0) is 32.9 Å². The molecule has 0 fully saturated rings. The third-order valence-corrected chi connectivity index (χ3v) is 3.18. The molecule has 0 saturated carbocycles. The van der Waals surface area contributed by atoms with Gasteiger partial charge in [0.1, 0.15) is 0 Å². The maximum absolute atomic E-state index is 4.48. The van der Waals surface area contributed by atoms with Gasteiger partial charge < -0.3 is 4.98 Å². The molecule has 2 rings (SSSR count). The minimum Gasteiger partial charge on any atom is -0.305 e. The van der Waals surface area contributed by atoms with Crippen molar-refractivity contribution in [2.75, 3.05) is 0 Å². The van der Waals surface area contributed by atoms with E-state index in [9.17, 15) is 0 Å². The summed E-state index contributed by atoms with van der Waals surface area (Å²) < 4.78 is 0. The molecule has 1 aromatic heterocycles. The van der Waals surface area contributed by atoms with E-state index >= 15 is 0 Å². The zero-order valence-electron chi connectivity index (χ0n) is 11.1. The molecule has 1 radical (unpaired) electrons. The molecule has 2 aromatic rings. The van der Waals surface area contributed by atoms with Gasteiger partial charge in [-0.2, -0.15) is 0 Å². The Morgan fingerprint density at radius 1 is 1.17 bits per heavy atom. The molecule has 0 spiro atoms. The number of aromatic nitrogens is 1. The Labute approximate surface area is 123 Å². The quantitative estimate of drug-likeness (QED) is 0.690. The van der Waals surface area contributed by atoms with E-state index in [0.29, 0.717) is 0 Å². The Hall–Kier alpha value is -0.981. The summed E-state index contributed by atoms with van der Waals surface area (Å²) in [5.41, 5.74) is 6.21. The molecule has 0 aliphatic rings. The molecular formula is C16H18IrN-. The summed E-state index contributed by atoms with van der Waals surface area (Å²) in [4.78, 5) is 4.48. The SMILES string of the molecule is CCc1ccnc(-c2[c-]ccc(C)c2CC)c1.[Ir]. The van der Waals surface area contributed by atoms with Gasteiger partial charge in [0.25, 0.3) is 0 Å². The van der Waals surface area contributed by atoms with Gasteiger partial charge in [0.2, 0.25) is 0 Å². The third-order valence-electron chi connectivity index (χ3n) is 3.18. The molecule has 1 heterocycles. The third kappa shape index (κ3) is 3.07. The van der Waals surface area contributed by atoms with Crippen molar-refractivity contribution in [2.45, 2.75) is 33.6 Å². The maximum Gasteiger partial charge on any atom is 0.0163 e. The van der Waals surface area contributed by atoms with Gasteiger partial charge >= 0.3 is 0 Å². The van der Waals surface area contributed by atoms with Crippen LogP contribution < -0.4 is 0 Å². The predicted molar refractivity (Wildman–Crippen MR) is 72.0 cm³/mol. The van der Waals surface area contributed by atoms with E-state index in [4.69, 9.17) is 0 Å². The molecule has 1 nitrogen and oxygen atoms in total. The van der Waals surface area contributed by atoms with E-state index < -0.39 is 0 Å². The van der Waals surface area contributed by atoms with E-state index in [2.05, 4.69) is 50.0 Å². The standard InChI is InChI=1S/C16H18N.Ir/c1-4-13-9-10-17-16(11-13)15-8-6-7-12(3)14(15)5-2;/h6-7,9-11H,4-5H2,1-3H3;/q-1;. The summed E-state index contributed by atoms with van der Waals surface area (Å²) in [6.45, 7) is 6.50. The molecule has 0 aliphatic heterocycles. The maximum atomic E-state index is 4.48. The first-order chi connectivity index (χ1) is 8.26. The van der Waals surface area contributed by atoms with Crippen molar-refractivity contribution in [1.82, 2.24) is 4.98 Å². The number of hydrogen-bond donors (Lipinski definition) is 0. The van der Waals surface area contributed by atoms with E-state index in [-0.39, 0.29) is 20.1 Å². The molecule has 0 amide bonds. The van der Waals surface area contributed by atoms with Crippen LogP contribution in [0.1, 0.15) is 30.5 Å². The first-order valence-corrected chi connectivity index (χ1v) is 6.21. The van der Waals surface area contributed by atoms with Gasteiger partial charge in [-0.05, 0) is 18.2 Å². The molecule has 2 heteroatoms. The number of rotatable bonds is 3. The van der Waals surface area contributed by atoms with E-state index in [1.807, 2.05) is 12.3 Å². The zero-order chi connectivity index (χ0) is 12.3. The fourth-order valence-electron chi connectivity index (χ4n) is 2.15. The average molecular weight is 417 g/mol.